The molecule has 2 amide bonds. The molecule has 0 N–H and O–H groups in total. The van der Waals surface area contributed by atoms with Crippen molar-refractivity contribution in [2.75, 3.05) is 37.0 Å². The molecule has 1 aromatic heterocycles. The maximum Gasteiger partial charge on any atom is 0.420 e. The largest absolute Gasteiger partial charge is 0.478 e. The monoisotopic (exact) mass is 480 g/mol. The zero-order chi connectivity index (χ0) is 25.3. The fourth-order valence-corrected chi connectivity index (χ4v) is 4.94. The molecule has 0 spiro atoms. The number of carbonyl (C=O) groups is 2. The van der Waals surface area contributed by atoms with Crippen LogP contribution in [0.3, 0.4) is 0 Å². The van der Waals surface area contributed by atoms with E-state index in [9.17, 15) is 9.59 Å². The van der Waals surface area contributed by atoms with E-state index in [4.69, 9.17) is 9.47 Å². The van der Waals surface area contributed by atoms with Gasteiger partial charge in [-0.25, -0.2) is 9.78 Å². The zero-order valence-electron chi connectivity index (χ0n) is 21.6. The summed E-state index contributed by atoms with van der Waals surface area (Å²) in [5.41, 5.74) is 3.42. The highest BCUT2D eigenvalue weighted by Crippen LogP contribution is 2.40. The molecule has 4 rings (SSSR count). The van der Waals surface area contributed by atoms with Crippen LogP contribution in [-0.2, 0) is 4.79 Å². The Morgan fingerprint density at radius 3 is 2.60 bits per heavy atom. The van der Waals surface area contributed by atoms with E-state index in [1.807, 2.05) is 19.9 Å². The van der Waals surface area contributed by atoms with Gasteiger partial charge in [0, 0.05) is 32.3 Å². The number of benzene rings is 1. The minimum Gasteiger partial charge on any atom is -0.478 e. The summed E-state index contributed by atoms with van der Waals surface area (Å²) >= 11 is 0. The second-order valence-corrected chi connectivity index (χ2v) is 9.76. The molecule has 1 aliphatic heterocycles. The van der Waals surface area contributed by atoms with Gasteiger partial charge in [0.2, 0.25) is 5.91 Å². The molecule has 2 aliphatic rings. The molecular weight excluding hydrogens is 444 g/mol. The maximum absolute atomic E-state index is 13.5. The molecule has 2 aromatic rings. The Morgan fingerprint density at radius 1 is 1.23 bits per heavy atom. The van der Waals surface area contributed by atoms with E-state index in [0.29, 0.717) is 24.2 Å². The number of aromatic nitrogens is 1. The first kappa shape index (κ1) is 25.0. The number of hydrogen-bond donors (Lipinski definition) is 0. The minimum atomic E-state index is -0.521. The Morgan fingerprint density at radius 2 is 1.97 bits per heavy atom. The van der Waals surface area contributed by atoms with Gasteiger partial charge in [-0.2, -0.15) is 0 Å². The summed E-state index contributed by atoms with van der Waals surface area (Å²) in [5.74, 6) is 0.802. The van der Waals surface area contributed by atoms with Crippen LogP contribution in [0.2, 0.25) is 0 Å². The Labute approximate surface area is 207 Å². The van der Waals surface area contributed by atoms with Crippen molar-refractivity contribution >= 4 is 23.4 Å². The fourth-order valence-electron chi connectivity index (χ4n) is 4.94. The molecule has 8 nitrogen and oxygen atoms in total. The van der Waals surface area contributed by atoms with E-state index in [1.54, 1.807) is 29.0 Å². The summed E-state index contributed by atoms with van der Waals surface area (Å²) in [6.45, 7) is 8.86. The van der Waals surface area contributed by atoms with Crippen molar-refractivity contribution in [3.8, 4) is 11.6 Å². The second-order valence-electron chi connectivity index (χ2n) is 9.76. The van der Waals surface area contributed by atoms with Crippen LogP contribution in [0.1, 0.15) is 57.1 Å². The number of carbonyl (C=O) groups excluding carboxylic acids is 2. The molecule has 1 aliphatic carbocycles. The number of methoxy groups -OCH3 is 1. The molecule has 2 atom stereocenters. The predicted molar refractivity (Wildman–Crippen MR) is 137 cm³/mol. The first-order chi connectivity index (χ1) is 16.7. The standard InChI is InChI=1S/C27H36N4O4/c1-7-20(16-29(5)22-9-10-22)21-8-11-23-24(13-21)30(15-18(3)31(23)19(4)32)27(33)35-25-12-17(2)14-28-26(25)34-6/h8,11-14,18,20,22H,7,9-10,15-16H2,1-6H3/t18-,20?/m0/s1. The van der Waals surface area contributed by atoms with Crippen LogP contribution in [0.4, 0.5) is 16.2 Å². The number of ether oxygens (including phenoxy) is 2. The lowest BCUT2D eigenvalue weighted by molar-refractivity contribution is -0.117. The molecule has 35 heavy (non-hydrogen) atoms. The SMILES string of the molecule is CCC(CN(C)C1CC1)c1ccc2c(c1)N(C(=O)Oc1cc(C)cnc1OC)C[C@H](C)N2C(C)=O. The average Bonchev–Trinajstić information content (AvgIpc) is 3.67. The van der Waals surface area contributed by atoms with Gasteiger partial charge in [-0.15, -0.1) is 0 Å². The Hall–Kier alpha value is -3.13. The lowest BCUT2D eigenvalue weighted by atomic mass is 9.93. The third kappa shape index (κ3) is 5.27. The van der Waals surface area contributed by atoms with Crippen LogP contribution in [0.5, 0.6) is 11.6 Å². The van der Waals surface area contributed by atoms with Crippen molar-refractivity contribution in [3.05, 3.63) is 41.6 Å². The van der Waals surface area contributed by atoms with Gasteiger partial charge in [-0.05, 0) is 75.4 Å². The number of pyridine rings is 1. The Kier molecular flexibility index (Phi) is 7.31. The van der Waals surface area contributed by atoms with Gasteiger partial charge in [0.1, 0.15) is 0 Å². The van der Waals surface area contributed by atoms with Gasteiger partial charge in [0.15, 0.2) is 5.75 Å². The molecule has 188 valence electrons. The van der Waals surface area contributed by atoms with E-state index in [2.05, 4.69) is 36.0 Å². The number of aryl methyl sites for hydroxylation is 1. The Balaban J connectivity index is 1.69. The number of fused-ring (bicyclic) bond motifs is 1. The molecule has 1 fully saturated rings. The number of nitrogens with zero attached hydrogens (tertiary/aromatic N) is 4. The maximum atomic E-state index is 13.5. The van der Waals surface area contributed by atoms with Crippen molar-refractivity contribution < 1.29 is 19.1 Å². The molecule has 0 saturated heterocycles. The third-order valence-electron chi connectivity index (χ3n) is 6.99. The van der Waals surface area contributed by atoms with E-state index < -0.39 is 6.09 Å². The summed E-state index contributed by atoms with van der Waals surface area (Å²) in [7, 11) is 3.68. The van der Waals surface area contributed by atoms with E-state index in [-0.39, 0.29) is 23.6 Å². The summed E-state index contributed by atoms with van der Waals surface area (Å²) in [4.78, 5) is 36.0. The number of rotatable bonds is 7. The molecule has 8 heteroatoms. The van der Waals surface area contributed by atoms with Crippen molar-refractivity contribution in [1.29, 1.82) is 0 Å². The fraction of sp³-hybridized carbons (Fsp3) is 0.519. The smallest absolute Gasteiger partial charge is 0.420 e. The first-order valence-electron chi connectivity index (χ1n) is 12.4. The van der Waals surface area contributed by atoms with Gasteiger partial charge < -0.3 is 19.3 Å². The summed E-state index contributed by atoms with van der Waals surface area (Å²) in [6, 6.07) is 8.34. The number of anilines is 2. The average molecular weight is 481 g/mol. The quantitative estimate of drug-likeness (QED) is 0.570. The minimum absolute atomic E-state index is 0.0513. The molecular formula is C27H36N4O4. The summed E-state index contributed by atoms with van der Waals surface area (Å²) in [6.07, 6.45) is 4.65. The highest BCUT2D eigenvalue weighted by atomic mass is 16.6. The van der Waals surface area contributed by atoms with Crippen LogP contribution in [-0.4, -0.2) is 61.2 Å². The lowest BCUT2D eigenvalue weighted by Gasteiger charge is -2.40. The van der Waals surface area contributed by atoms with E-state index >= 15 is 0 Å². The van der Waals surface area contributed by atoms with Crippen molar-refractivity contribution in [3.63, 3.8) is 0 Å². The first-order valence-corrected chi connectivity index (χ1v) is 12.4. The normalized spacial score (nSPS) is 18.3. The van der Waals surface area contributed by atoms with Crippen LogP contribution in [0.15, 0.2) is 30.5 Å². The van der Waals surface area contributed by atoms with Crippen molar-refractivity contribution in [2.45, 2.75) is 65.0 Å². The highest BCUT2D eigenvalue weighted by molar-refractivity contribution is 6.02. The topological polar surface area (TPSA) is 75.2 Å². The van der Waals surface area contributed by atoms with E-state index in [0.717, 1.165) is 29.8 Å². The highest BCUT2D eigenvalue weighted by Gasteiger charge is 2.36. The van der Waals surface area contributed by atoms with Crippen LogP contribution < -0.4 is 19.3 Å². The van der Waals surface area contributed by atoms with Gasteiger partial charge in [0.25, 0.3) is 5.88 Å². The molecule has 1 aromatic carbocycles. The van der Waals surface area contributed by atoms with Gasteiger partial charge >= 0.3 is 6.09 Å². The third-order valence-corrected chi connectivity index (χ3v) is 6.99. The number of likely N-dealkylation sites (N-methyl/N-ethyl adjacent to an activating group) is 1. The van der Waals surface area contributed by atoms with Crippen molar-refractivity contribution in [1.82, 2.24) is 9.88 Å². The molecule has 0 bridgehead atoms. The van der Waals surface area contributed by atoms with Crippen molar-refractivity contribution in [2.24, 2.45) is 0 Å². The molecule has 1 saturated carbocycles. The van der Waals surface area contributed by atoms with Gasteiger partial charge in [-0.1, -0.05) is 13.0 Å². The predicted octanol–water partition coefficient (Wildman–Crippen LogP) is 4.75. The molecule has 2 heterocycles. The number of hydrogen-bond acceptors (Lipinski definition) is 6. The number of amides is 2. The van der Waals surface area contributed by atoms with Crippen LogP contribution in [0.25, 0.3) is 0 Å². The van der Waals surface area contributed by atoms with Crippen LogP contribution >= 0.6 is 0 Å². The zero-order valence-corrected chi connectivity index (χ0v) is 21.6. The van der Waals surface area contributed by atoms with Crippen LogP contribution in [0, 0.1) is 6.92 Å². The molecule has 0 radical (unpaired) electrons. The molecule has 1 unspecified atom stereocenters. The second kappa shape index (κ2) is 10.2. The summed E-state index contributed by atoms with van der Waals surface area (Å²) in [5, 5.41) is 0. The Bertz CT molecular complexity index is 1100. The summed E-state index contributed by atoms with van der Waals surface area (Å²) < 4.78 is 11.1. The lowest BCUT2D eigenvalue weighted by Crippen LogP contribution is -2.52. The van der Waals surface area contributed by atoms with Gasteiger partial charge in [-0.3, -0.25) is 9.69 Å². The van der Waals surface area contributed by atoms with E-state index in [1.165, 1.54) is 20.0 Å². The van der Waals surface area contributed by atoms with Gasteiger partial charge in [0.05, 0.1) is 24.5 Å².